The second-order valence-electron chi connectivity index (χ2n) is 10.4. The standard InChI is InChI=1S/C31H35ClFN3O4S/c1-41(39,40)36(28-14-8-11-25(32)20-28)22-30(37)35(21-24-15-17-26(33)18-16-24)29(19-23-9-4-2-5-10-23)31(38)34-27-12-6-3-7-13-27/h2,4-5,8-11,14-18,20,27,29H,3,6-7,12-13,19,21-22H2,1H3,(H,34,38)/t29-/m0/s1. The van der Waals surface area contributed by atoms with Crippen molar-refractivity contribution < 1.29 is 22.4 Å². The Kier molecular flexibility index (Phi) is 10.4. The lowest BCUT2D eigenvalue weighted by molar-refractivity contribution is -0.140. The largest absolute Gasteiger partial charge is 0.352 e. The van der Waals surface area contributed by atoms with Crippen molar-refractivity contribution in [3.63, 3.8) is 0 Å². The van der Waals surface area contributed by atoms with Gasteiger partial charge in [-0.2, -0.15) is 0 Å². The predicted octanol–water partition coefficient (Wildman–Crippen LogP) is 5.33. The lowest BCUT2D eigenvalue weighted by Crippen LogP contribution is -2.55. The van der Waals surface area contributed by atoms with Crippen LogP contribution in [-0.4, -0.2) is 50.0 Å². The third-order valence-corrected chi connectivity index (χ3v) is 8.64. The van der Waals surface area contributed by atoms with Gasteiger partial charge in [0.1, 0.15) is 18.4 Å². The van der Waals surface area contributed by atoms with Gasteiger partial charge < -0.3 is 10.2 Å². The summed E-state index contributed by atoms with van der Waals surface area (Å²) in [5, 5.41) is 3.47. The van der Waals surface area contributed by atoms with Crippen LogP contribution in [-0.2, 0) is 32.6 Å². The number of anilines is 1. The van der Waals surface area contributed by atoms with Crippen LogP contribution in [0.15, 0.2) is 78.9 Å². The van der Waals surface area contributed by atoms with Gasteiger partial charge in [-0.05, 0) is 54.3 Å². The molecule has 0 radical (unpaired) electrons. The van der Waals surface area contributed by atoms with Gasteiger partial charge in [-0.1, -0.05) is 79.4 Å². The average molecular weight is 600 g/mol. The van der Waals surface area contributed by atoms with Crippen LogP contribution in [0.2, 0.25) is 5.02 Å². The van der Waals surface area contributed by atoms with Gasteiger partial charge in [-0.15, -0.1) is 0 Å². The number of nitrogens with one attached hydrogen (secondary N) is 1. The average Bonchev–Trinajstić information content (AvgIpc) is 2.95. The first-order valence-corrected chi connectivity index (χ1v) is 15.9. The number of hydrogen-bond donors (Lipinski definition) is 1. The Morgan fingerprint density at radius 3 is 2.27 bits per heavy atom. The Balaban J connectivity index is 1.71. The molecule has 1 aliphatic rings. The molecule has 0 heterocycles. The van der Waals surface area contributed by atoms with Gasteiger partial charge in [0, 0.05) is 24.0 Å². The molecule has 10 heteroatoms. The van der Waals surface area contributed by atoms with Gasteiger partial charge >= 0.3 is 0 Å². The summed E-state index contributed by atoms with van der Waals surface area (Å²) in [5.74, 6) is -1.30. The normalized spacial score (nSPS) is 14.7. The number of carbonyl (C=O) groups is 2. The van der Waals surface area contributed by atoms with Crippen molar-refractivity contribution >= 4 is 39.1 Å². The first kappa shape index (κ1) is 30.5. The van der Waals surface area contributed by atoms with E-state index >= 15 is 0 Å². The van der Waals surface area contributed by atoms with Crippen LogP contribution in [0.1, 0.15) is 43.2 Å². The number of amides is 2. The number of benzene rings is 3. The van der Waals surface area contributed by atoms with Gasteiger partial charge in [0.25, 0.3) is 0 Å². The van der Waals surface area contributed by atoms with E-state index in [2.05, 4.69) is 5.32 Å². The van der Waals surface area contributed by atoms with Crippen molar-refractivity contribution in [3.05, 3.63) is 101 Å². The molecule has 0 spiro atoms. The van der Waals surface area contributed by atoms with Crippen molar-refractivity contribution in [1.29, 1.82) is 0 Å². The monoisotopic (exact) mass is 599 g/mol. The molecule has 3 aromatic carbocycles. The van der Waals surface area contributed by atoms with Crippen LogP contribution in [0.4, 0.5) is 10.1 Å². The van der Waals surface area contributed by atoms with E-state index in [0.29, 0.717) is 10.6 Å². The van der Waals surface area contributed by atoms with Gasteiger partial charge in [-0.25, -0.2) is 12.8 Å². The number of hydrogen-bond acceptors (Lipinski definition) is 4. The highest BCUT2D eigenvalue weighted by molar-refractivity contribution is 7.92. The molecule has 3 aromatic rings. The van der Waals surface area contributed by atoms with Crippen LogP contribution in [0.25, 0.3) is 0 Å². The molecule has 0 bridgehead atoms. The lowest BCUT2D eigenvalue weighted by atomic mass is 9.94. The molecule has 41 heavy (non-hydrogen) atoms. The molecule has 1 atom stereocenters. The van der Waals surface area contributed by atoms with E-state index in [1.165, 1.54) is 23.1 Å². The minimum atomic E-state index is -3.89. The van der Waals surface area contributed by atoms with Gasteiger partial charge in [-0.3, -0.25) is 13.9 Å². The number of rotatable bonds is 11. The van der Waals surface area contributed by atoms with Crippen molar-refractivity contribution in [2.24, 2.45) is 0 Å². The van der Waals surface area contributed by atoms with Crippen molar-refractivity contribution in [3.8, 4) is 0 Å². The van der Waals surface area contributed by atoms with Crippen molar-refractivity contribution in [1.82, 2.24) is 10.2 Å². The van der Waals surface area contributed by atoms with Crippen molar-refractivity contribution in [2.45, 2.75) is 57.2 Å². The first-order chi connectivity index (χ1) is 19.6. The fourth-order valence-electron chi connectivity index (χ4n) is 5.13. The summed E-state index contributed by atoms with van der Waals surface area (Å²) in [5.41, 5.74) is 1.70. The number of sulfonamides is 1. The van der Waals surface area contributed by atoms with E-state index < -0.39 is 34.3 Å². The van der Waals surface area contributed by atoms with E-state index in [4.69, 9.17) is 11.6 Å². The SMILES string of the molecule is CS(=O)(=O)N(CC(=O)N(Cc1ccc(F)cc1)[C@@H](Cc1ccccc1)C(=O)NC1CCCCC1)c1cccc(Cl)c1. The fourth-order valence-corrected chi connectivity index (χ4v) is 6.16. The maximum atomic E-state index is 14.1. The molecule has 2 amide bonds. The Hall–Kier alpha value is -3.43. The predicted molar refractivity (Wildman–Crippen MR) is 160 cm³/mol. The third kappa shape index (κ3) is 8.78. The van der Waals surface area contributed by atoms with Crippen LogP contribution < -0.4 is 9.62 Å². The summed E-state index contributed by atoms with van der Waals surface area (Å²) in [4.78, 5) is 29.4. The molecule has 218 valence electrons. The number of halogens is 2. The zero-order valence-corrected chi connectivity index (χ0v) is 24.6. The smallest absolute Gasteiger partial charge is 0.244 e. The summed E-state index contributed by atoms with van der Waals surface area (Å²) >= 11 is 6.13. The number of carbonyl (C=O) groups excluding carboxylic acids is 2. The molecule has 1 aliphatic carbocycles. The molecular formula is C31H35ClFN3O4S. The van der Waals surface area contributed by atoms with Crippen LogP contribution in [0.5, 0.6) is 0 Å². The molecule has 4 rings (SSSR count). The Morgan fingerprint density at radius 1 is 0.951 bits per heavy atom. The highest BCUT2D eigenvalue weighted by Crippen LogP contribution is 2.24. The zero-order chi connectivity index (χ0) is 29.4. The van der Waals surface area contributed by atoms with Gasteiger partial charge in [0.05, 0.1) is 11.9 Å². The van der Waals surface area contributed by atoms with E-state index in [1.807, 2.05) is 30.3 Å². The highest BCUT2D eigenvalue weighted by atomic mass is 35.5. The van der Waals surface area contributed by atoms with Gasteiger partial charge in [0.2, 0.25) is 21.8 Å². The molecule has 0 aliphatic heterocycles. The molecular weight excluding hydrogens is 565 g/mol. The zero-order valence-electron chi connectivity index (χ0n) is 23.0. The Morgan fingerprint density at radius 2 is 1.63 bits per heavy atom. The maximum absolute atomic E-state index is 14.1. The lowest BCUT2D eigenvalue weighted by Gasteiger charge is -2.35. The minimum Gasteiger partial charge on any atom is -0.352 e. The summed E-state index contributed by atoms with van der Waals surface area (Å²) in [6.07, 6.45) is 6.15. The fraction of sp³-hybridized carbons (Fsp3) is 0.355. The van der Waals surface area contributed by atoms with Crippen molar-refractivity contribution in [2.75, 3.05) is 17.1 Å². The molecule has 1 N–H and O–H groups in total. The molecule has 0 aromatic heterocycles. The molecule has 1 fully saturated rings. The van der Waals surface area contributed by atoms with E-state index in [1.54, 1.807) is 30.3 Å². The van der Waals surface area contributed by atoms with E-state index in [-0.39, 0.29) is 30.6 Å². The second-order valence-corrected chi connectivity index (χ2v) is 12.8. The second kappa shape index (κ2) is 14.0. The summed E-state index contributed by atoms with van der Waals surface area (Å²) in [6.45, 7) is -0.551. The van der Waals surface area contributed by atoms with Crippen LogP contribution in [0.3, 0.4) is 0 Å². The third-order valence-electron chi connectivity index (χ3n) is 7.26. The molecule has 0 saturated heterocycles. The summed E-state index contributed by atoms with van der Waals surface area (Å²) in [6, 6.07) is 20.4. The molecule has 0 unspecified atom stereocenters. The van der Waals surface area contributed by atoms with E-state index in [9.17, 15) is 22.4 Å². The maximum Gasteiger partial charge on any atom is 0.244 e. The summed E-state index contributed by atoms with van der Waals surface area (Å²) in [7, 11) is -3.89. The Bertz CT molecular complexity index is 1430. The minimum absolute atomic E-state index is 0.0104. The Labute approximate surface area is 246 Å². The van der Waals surface area contributed by atoms with Crippen LogP contribution in [0, 0.1) is 5.82 Å². The number of nitrogens with zero attached hydrogens (tertiary/aromatic N) is 2. The molecule has 1 saturated carbocycles. The van der Waals surface area contributed by atoms with E-state index in [0.717, 1.165) is 48.2 Å². The topological polar surface area (TPSA) is 86.8 Å². The van der Waals surface area contributed by atoms with Crippen LogP contribution >= 0.6 is 11.6 Å². The molecule has 7 nitrogen and oxygen atoms in total. The van der Waals surface area contributed by atoms with Gasteiger partial charge in [0.15, 0.2) is 0 Å². The summed E-state index contributed by atoms with van der Waals surface area (Å²) < 4.78 is 40.4. The quantitative estimate of drug-likeness (QED) is 0.323. The highest BCUT2D eigenvalue weighted by Gasteiger charge is 2.34. The first-order valence-electron chi connectivity index (χ1n) is 13.7.